The minimum atomic E-state index is -0.295. The first-order valence-electron chi connectivity index (χ1n) is 7.05. The molecule has 1 aliphatic heterocycles. The van der Waals surface area contributed by atoms with Crippen LogP contribution in [-0.4, -0.2) is 25.7 Å². The van der Waals surface area contributed by atoms with E-state index in [1.807, 2.05) is 12.1 Å². The first-order valence-corrected chi connectivity index (χ1v) is 7.43. The topological polar surface area (TPSA) is 15.3 Å². The van der Waals surface area contributed by atoms with E-state index in [-0.39, 0.29) is 10.8 Å². The third kappa shape index (κ3) is 3.40. The van der Waals surface area contributed by atoms with Gasteiger partial charge in [-0.1, -0.05) is 31.5 Å². The van der Waals surface area contributed by atoms with Crippen molar-refractivity contribution in [1.29, 1.82) is 0 Å². The molecule has 19 heavy (non-hydrogen) atoms. The number of hydrogen-bond donors (Lipinski definition) is 1. The summed E-state index contributed by atoms with van der Waals surface area (Å²) in [5, 5.41) is 3.78. The van der Waals surface area contributed by atoms with Gasteiger partial charge in [0.25, 0.3) is 0 Å². The number of nitrogens with zero attached hydrogens (tertiary/aromatic N) is 1. The van der Waals surface area contributed by atoms with E-state index in [0.717, 1.165) is 32.5 Å². The highest BCUT2D eigenvalue weighted by Gasteiger charge is 2.27. The van der Waals surface area contributed by atoms with E-state index in [0.29, 0.717) is 17.6 Å². The number of benzene rings is 1. The van der Waals surface area contributed by atoms with Gasteiger partial charge >= 0.3 is 0 Å². The molecule has 2 atom stereocenters. The summed E-state index contributed by atoms with van der Waals surface area (Å²) in [6, 6.07) is 5.76. The van der Waals surface area contributed by atoms with E-state index >= 15 is 0 Å². The standard InChI is InChI=1S/C15H22ClFN2/c1-3-8-18-13-7-9-19(10-11(13)2)14-6-4-5-12(16)15(14)17/h4-6,11,13,18H,3,7-10H2,1-2H3. The molecule has 1 aliphatic rings. The van der Waals surface area contributed by atoms with Crippen LogP contribution >= 0.6 is 11.6 Å². The zero-order valence-electron chi connectivity index (χ0n) is 11.6. The van der Waals surface area contributed by atoms with Gasteiger partial charge in [-0.3, -0.25) is 0 Å². The molecule has 0 amide bonds. The van der Waals surface area contributed by atoms with Crippen LogP contribution in [0.25, 0.3) is 0 Å². The molecule has 0 bridgehead atoms. The predicted octanol–water partition coefficient (Wildman–Crippen LogP) is 3.69. The van der Waals surface area contributed by atoms with Crippen LogP contribution in [0.1, 0.15) is 26.7 Å². The molecule has 0 aliphatic carbocycles. The summed E-state index contributed by atoms with van der Waals surface area (Å²) in [4.78, 5) is 2.11. The minimum Gasteiger partial charge on any atom is -0.369 e. The van der Waals surface area contributed by atoms with E-state index < -0.39 is 0 Å². The van der Waals surface area contributed by atoms with Crippen molar-refractivity contribution in [1.82, 2.24) is 5.32 Å². The third-order valence-corrected chi connectivity index (χ3v) is 4.13. The van der Waals surface area contributed by atoms with Crippen molar-refractivity contribution < 1.29 is 4.39 Å². The van der Waals surface area contributed by atoms with Crippen LogP contribution in [0.3, 0.4) is 0 Å². The number of rotatable bonds is 4. The van der Waals surface area contributed by atoms with Gasteiger partial charge in [-0.2, -0.15) is 0 Å². The van der Waals surface area contributed by atoms with Crippen LogP contribution in [0.2, 0.25) is 5.02 Å². The summed E-state index contributed by atoms with van der Waals surface area (Å²) < 4.78 is 14.0. The van der Waals surface area contributed by atoms with Gasteiger partial charge in [-0.15, -0.1) is 0 Å². The highest BCUT2D eigenvalue weighted by Crippen LogP contribution is 2.29. The Morgan fingerprint density at radius 1 is 1.47 bits per heavy atom. The van der Waals surface area contributed by atoms with Gasteiger partial charge < -0.3 is 10.2 Å². The first kappa shape index (κ1) is 14.6. The van der Waals surface area contributed by atoms with E-state index in [4.69, 9.17) is 11.6 Å². The van der Waals surface area contributed by atoms with E-state index in [2.05, 4.69) is 24.1 Å². The predicted molar refractivity (Wildman–Crippen MR) is 79.5 cm³/mol. The fourth-order valence-corrected chi connectivity index (χ4v) is 2.90. The van der Waals surface area contributed by atoms with Crippen LogP contribution in [0.4, 0.5) is 10.1 Å². The second-order valence-corrected chi connectivity index (χ2v) is 5.75. The molecule has 0 spiro atoms. The minimum absolute atomic E-state index is 0.205. The maximum atomic E-state index is 14.0. The molecule has 2 unspecified atom stereocenters. The Morgan fingerprint density at radius 3 is 2.95 bits per heavy atom. The molecule has 1 fully saturated rings. The lowest BCUT2D eigenvalue weighted by Gasteiger charge is -2.39. The largest absolute Gasteiger partial charge is 0.369 e. The molecule has 0 radical (unpaired) electrons. The first-order chi connectivity index (χ1) is 9.13. The van der Waals surface area contributed by atoms with Crippen LogP contribution in [0.5, 0.6) is 0 Å². The number of hydrogen-bond acceptors (Lipinski definition) is 2. The van der Waals surface area contributed by atoms with Gasteiger partial charge in [-0.25, -0.2) is 4.39 Å². The smallest absolute Gasteiger partial charge is 0.165 e. The van der Waals surface area contributed by atoms with Crippen molar-refractivity contribution in [2.24, 2.45) is 5.92 Å². The fraction of sp³-hybridized carbons (Fsp3) is 0.600. The Balaban J connectivity index is 2.03. The van der Waals surface area contributed by atoms with Gasteiger partial charge in [0.1, 0.15) is 0 Å². The van der Waals surface area contributed by atoms with Gasteiger partial charge in [0.2, 0.25) is 0 Å². The Morgan fingerprint density at radius 2 is 2.26 bits per heavy atom. The normalized spacial score (nSPS) is 23.7. The molecule has 1 saturated heterocycles. The summed E-state index contributed by atoms with van der Waals surface area (Å²) in [6.07, 6.45) is 2.20. The van der Waals surface area contributed by atoms with Crippen molar-refractivity contribution in [2.75, 3.05) is 24.5 Å². The van der Waals surface area contributed by atoms with E-state index in [9.17, 15) is 4.39 Å². The number of halogens is 2. The van der Waals surface area contributed by atoms with Crippen LogP contribution in [0, 0.1) is 11.7 Å². The molecule has 1 aromatic rings. The number of nitrogens with one attached hydrogen (secondary N) is 1. The van der Waals surface area contributed by atoms with Crippen molar-refractivity contribution in [3.05, 3.63) is 29.0 Å². The molecule has 1 N–H and O–H groups in total. The number of anilines is 1. The van der Waals surface area contributed by atoms with Crippen LogP contribution in [-0.2, 0) is 0 Å². The highest BCUT2D eigenvalue weighted by atomic mass is 35.5. The molecule has 2 nitrogen and oxygen atoms in total. The van der Waals surface area contributed by atoms with Gasteiger partial charge in [0, 0.05) is 19.1 Å². The van der Waals surface area contributed by atoms with Crippen molar-refractivity contribution >= 4 is 17.3 Å². The quantitative estimate of drug-likeness (QED) is 0.907. The van der Waals surface area contributed by atoms with E-state index in [1.54, 1.807) is 6.07 Å². The molecular weight excluding hydrogens is 263 g/mol. The SMILES string of the molecule is CCCNC1CCN(c2cccc(Cl)c2F)CC1C. The monoisotopic (exact) mass is 284 g/mol. The summed E-state index contributed by atoms with van der Waals surface area (Å²) in [7, 11) is 0. The van der Waals surface area contributed by atoms with Crippen molar-refractivity contribution in [3.8, 4) is 0 Å². The highest BCUT2D eigenvalue weighted by molar-refractivity contribution is 6.31. The maximum absolute atomic E-state index is 14.0. The van der Waals surface area contributed by atoms with Crippen LogP contribution in [0.15, 0.2) is 18.2 Å². The summed E-state index contributed by atoms with van der Waals surface area (Å²) in [6.45, 7) is 7.21. The second kappa shape index (κ2) is 6.58. The molecule has 1 aromatic carbocycles. The summed E-state index contributed by atoms with van der Waals surface area (Å²) >= 11 is 5.85. The summed E-state index contributed by atoms with van der Waals surface area (Å²) in [5.74, 6) is 0.218. The summed E-state index contributed by atoms with van der Waals surface area (Å²) in [5.41, 5.74) is 0.633. The molecule has 1 heterocycles. The molecular formula is C15H22ClFN2. The van der Waals surface area contributed by atoms with Crippen LogP contribution < -0.4 is 10.2 Å². The second-order valence-electron chi connectivity index (χ2n) is 5.35. The molecule has 106 valence electrons. The Labute approximate surface area is 119 Å². The average molecular weight is 285 g/mol. The Hall–Kier alpha value is -0.800. The molecule has 4 heteroatoms. The maximum Gasteiger partial charge on any atom is 0.165 e. The third-order valence-electron chi connectivity index (χ3n) is 3.83. The fourth-order valence-electron chi connectivity index (χ4n) is 2.73. The van der Waals surface area contributed by atoms with Gasteiger partial charge in [0.15, 0.2) is 5.82 Å². The molecule has 0 saturated carbocycles. The van der Waals surface area contributed by atoms with Crippen molar-refractivity contribution in [3.63, 3.8) is 0 Å². The molecule has 0 aromatic heterocycles. The van der Waals surface area contributed by atoms with Crippen molar-refractivity contribution in [2.45, 2.75) is 32.7 Å². The lowest BCUT2D eigenvalue weighted by molar-refractivity contribution is 0.321. The van der Waals surface area contributed by atoms with Gasteiger partial charge in [0.05, 0.1) is 10.7 Å². The molecule has 2 rings (SSSR count). The Kier molecular flexibility index (Phi) is 5.06. The lowest BCUT2D eigenvalue weighted by atomic mass is 9.93. The average Bonchev–Trinajstić information content (AvgIpc) is 2.40. The lowest BCUT2D eigenvalue weighted by Crippen LogP contribution is -2.48. The van der Waals surface area contributed by atoms with Gasteiger partial charge in [-0.05, 0) is 37.4 Å². The number of piperidine rings is 1. The zero-order chi connectivity index (χ0) is 13.8. The zero-order valence-corrected chi connectivity index (χ0v) is 12.4. The van der Waals surface area contributed by atoms with E-state index in [1.165, 1.54) is 0 Å². The Bertz CT molecular complexity index is 425.